The largest absolute Gasteiger partial charge is 0.508 e. The summed E-state index contributed by atoms with van der Waals surface area (Å²) in [6.07, 6.45) is 5.78. The van der Waals surface area contributed by atoms with Crippen LogP contribution in [0.4, 0.5) is 15.0 Å². The van der Waals surface area contributed by atoms with E-state index in [9.17, 15) is 14.0 Å². The molecule has 4 aliphatic carbocycles. The van der Waals surface area contributed by atoms with Crippen LogP contribution in [-0.4, -0.2) is 56.6 Å². The number of carbonyl (C=O) groups is 2. The van der Waals surface area contributed by atoms with E-state index in [1.54, 1.807) is 20.8 Å². The Morgan fingerprint density at radius 3 is 2.64 bits per heavy atom. The number of carbonyl (C=O) groups excluding carboxylic acids is 2. The molecule has 39 heavy (non-hydrogen) atoms. The van der Waals surface area contributed by atoms with Gasteiger partial charge in [-0.3, -0.25) is 9.36 Å². The predicted molar refractivity (Wildman–Crippen MR) is 135 cm³/mol. The number of hydrogen-bond acceptors (Lipinski definition) is 10. The molecule has 1 saturated heterocycles. The lowest BCUT2D eigenvalue weighted by Gasteiger charge is -2.32. The number of esters is 1. The van der Waals surface area contributed by atoms with Gasteiger partial charge in [0.25, 0.3) is 0 Å². The molecule has 2 aromatic heterocycles. The molecule has 2 unspecified atom stereocenters. The van der Waals surface area contributed by atoms with Crippen molar-refractivity contribution in [2.45, 2.75) is 83.6 Å². The van der Waals surface area contributed by atoms with Gasteiger partial charge < -0.3 is 24.7 Å². The van der Waals surface area contributed by atoms with Crippen LogP contribution < -0.4 is 5.73 Å². The van der Waals surface area contributed by atoms with Crippen molar-refractivity contribution in [2.24, 2.45) is 29.1 Å². The van der Waals surface area contributed by atoms with Crippen LogP contribution in [-0.2, 0) is 23.7 Å². The summed E-state index contributed by atoms with van der Waals surface area (Å²) >= 11 is 0. The fourth-order valence-corrected chi connectivity index (χ4v) is 7.69. The van der Waals surface area contributed by atoms with Crippen molar-refractivity contribution in [3.8, 4) is 0 Å². The Hall–Kier alpha value is -3.02. The van der Waals surface area contributed by atoms with Crippen LogP contribution in [0.3, 0.4) is 0 Å². The van der Waals surface area contributed by atoms with E-state index in [-0.39, 0.29) is 35.9 Å². The third-order valence-electron chi connectivity index (χ3n) is 9.42. The Labute approximate surface area is 225 Å². The van der Waals surface area contributed by atoms with E-state index in [1.807, 2.05) is 0 Å². The van der Waals surface area contributed by atoms with Crippen molar-refractivity contribution in [1.82, 2.24) is 19.5 Å². The molecule has 0 spiro atoms. The molecule has 5 atom stereocenters. The molecule has 0 aromatic carbocycles. The van der Waals surface area contributed by atoms with Gasteiger partial charge in [0, 0.05) is 6.42 Å². The van der Waals surface area contributed by atoms with Crippen LogP contribution in [0.15, 0.2) is 6.33 Å². The van der Waals surface area contributed by atoms with Crippen LogP contribution in [0.5, 0.6) is 0 Å². The van der Waals surface area contributed by atoms with Gasteiger partial charge in [-0.05, 0) is 68.6 Å². The number of ether oxygens (including phenoxy) is 4. The first kappa shape index (κ1) is 26.2. The molecule has 212 valence electrons. The second-order valence-electron chi connectivity index (χ2n) is 12.4. The smallest absolute Gasteiger partial charge is 0.459 e. The van der Waals surface area contributed by atoms with E-state index in [2.05, 4.69) is 15.0 Å². The van der Waals surface area contributed by atoms with Gasteiger partial charge in [-0.2, -0.15) is 14.4 Å². The van der Waals surface area contributed by atoms with Gasteiger partial charge in [-0.25, -0.2) is 9.78 Å². The Morgan fingerprint density at radius 2 is 1.92 bits per heavy atom. The van der Waals surface area contributed by atoms with Crippen molar-refractivity contribution >= 4 is 29.1 Å². The molecule has 12 heteroatoms. The van der Waals surface area contributed by atoms with Crippen LogP contribution in [0.2, 0.25) is 0 Å². The van der Waals surface area contributed by atoms with E-state index in [1.165, 1.54) is 43.0 Å². The fraction of sp³-hybridized carbons (Fsp3) is 0.741. The summed E-state index contributed by atoms with van der Waals surface area (Å²) < 4.78 is 38.4. The molecule has 2 N–H and O–H groups in total. The maximum atomic E-state index is 13.9. The zero-order chi connectivity index (χ0) is 27.5. The van der Waals surface area contributed by atoms with Crippen LogP contribution in [0.25, 0.3) is 11.2 Å². The number of nitrogens with zero attached hydrogens (tertiary/aromatic N) is 4. The zero-order valence-corrected chi connectivity index (χ0v) is 22.6. The third kappa shape index (κ3) is 4.70. The lowest BCUT2D eigenvalue weighted by molar-refractivity contribution is -0.168. The number of anilines is 1. The summed E-state index contributed by atoms with van der Waals surface area (Å²) in [5, 5.41) is 0. The van der Waals surface area contributed by atoms with Crippen molar-refractivity contribution < 1.29 is 32.9 Å². The third-order valence-corrected chi connectivity index (χ3v) is 9.42. The molecular formula is C27H36FN5O6. The highest BCUT2D eigenvalue weighted by atomic mass is 19.1. The Balaban J connectivity index is 1.11. The molecule has 4 bridgehead atoms. The maximum Gasteiger partial charge on any atom is 0.508 e. The van der Waals surface area contributed by atoms with Gasteiger partial charge >= 0.3 is 18.2 Å². The summed E-state index contributed by atoms with van der Waals surface area (Å²) in [6.45, 7) is 5.29. The minimum absolute atomic E-state index is 0.0935. The lowest BCUT2D eigenvalue weighted by atomic mass is 9.74. The fourth-order valence-electron chi connectivity index (χ4n) is 7.69. The molecule has 2 aromatic rings. The van der Waals surface area contributed by atoms with Crippen molar-refractivity contribution in [3.63, 3.8) is 0 Å². The molecule has 1 aliphatic heterocycles. The number of nitrogen functional groups attached to an aromatic ring is 1. The highest BCUT2D eigenvalue weighted by Gasteiger charge is 2.57. The molecule has 4 saturated carbocycles. The van der Waals surface area contributed by atoms with E-state index in [0.29, 0.717) is 12.0 Å². The summed E-state index contributed by atoms with van der Waals surface area (Å²) in [5.74, 6) is 1.59. The molecule has 7 rings (SSSR count). The minimum atomic E-state index is -1.19. The summed E-state index contributed by atoms with van der Waals surface area (Å²) in [6, 6.07) is 0. The van der Waals surface area contributed by atoms with Crippen LogP contribution in [0, 0.1) is 35.2 Å². The van der Waals surface area contributed by atoms with Crippen molar-refractivity contribution in [3.05, 3.63) is 12.4 Å². The van der Waals surface area contributed by atoms with Gasteiger partial charge in [0.05, 0.1) is 18.9 Å². The zero-order valence-electron chi connectivity index (χ0n) is 22.6. The van der Waals surface area contributed by atoms with E-state index < -0.39 is 36.1 Å². The van der Waals surface area contributed by atoms with Gasteiger partial charge in [-0.15, -0.1) is 0 Å². The molecule has 0 radical (unpaired) electrons. The van der Waals surface area contributed by atoms with Gasteiger partial charge in [0.15, 0.2) is 17.0 Å². The monoisotopic (exact) mass is 545 g/mol. The Bertz CT molecular complexity index is 1270. The Morgan fingerprint density at radius 1 is 1.18 bits per heavy atom. The first-order valence-corrected chi connectivity index (χ1v) is 13.9. The lowest BCUT2D eigenvalue weighted by Crippen LogP contribution is -2.44. The number of nitrogens with two attached hydrogens (primary N) is 1. The van der Waals surface area contributed by atoms with E-state index in [4.69, 9.17) is 24.7 Å². The van der Waals surface area contributed by atoms with Gasteiger partial charge in [0.1, 0.15) is 24.5 Å². The second kappa shape index (κ2) is 9.57. The van der Waals surface area contributed by atoms with Crippen LogP contribution in [0.1, 0.15) is 71.9 Å². The highest BCUT2D eigenvalue weighted by molar-refractivity contribution is 5.81. The maximum absolute atomic E-state index is 13.9. The average Bonchev–Trinajstić information content (AvgIpc) is 3.56. The quantitative estimate of drug-likeness (QED) is 0.380. The number of halogens is 1. The van der Waals surface area contributed by atoms with Gasteiger partial charge in [-0.1, -0.05) is 13.8 Å². The summed E-state index contributed by atoms with van der Waals surface area (Å²) in [7, 11) is 0. The molecule has 0 amide bonds. The highest BCUT2D eigenvalue weighted by Crippen LogP contribution is 2.66. The average molecular weight is 546 g/mol. The predicted octanol–water partition coefficient (Wildman–Crippen LogP) is 4.16. The van der Waals surface area contributed by atoms with E-state index in [0.717, 1.165) is 24.2 Å². The molecule has 5 fully saturated rings. The standard InChI is InChI=1S/C27H36FN5O6/c1-14(2)23(34)38-18-9-19(33-13-30-20-21(29)31-24(28)32-22(20)33)39-26(18,3)12-37-25(35)36-5-4-27-10-15-6-16(11-27)8-17(27)7-15/h13-19H,4-12H2,1-3H3,(H2,29,31,32)/t15?,16?,17?,18-,19+,26+,27?/m0/s1. The van der Waals surface area contributed by atoms with E-state index >= 15 is 0 Å². The Kier molecular flexibility index (Phi) is 6.43. The minimum Gasteiger partial charge on any atom is -0.459 e. The second-order valence-corrected chi connectivity index (χ2v) is 12.4. The number of aromatic nitrogens is 4. The van der Waals surface area contributed by atoms with Gasteiger partial charge in [0.2, 0.25) is 0 Å². The topological polar surface area (TPSA) is 141 Å². The first-order chi connectivity index (χ1) is 18.5. The number of fused-ring (bicyclic) bond motifs is 1. The summed E-state index contributed by atoms with van der Waals surface area (Å²) in [5.41, 5.74) is 5.32. The number of rotatable bonds is 8. The van der Waals surface area contributed by atoms with Crippen LogP contribution >= 0.6 is 0 Å². The first-order valence-electron chi connectivity index (χ1n) is 13.9. The normalized spacial score (nSPS) is 34.7. The van der Waals surface area contributed by atoms with Crippen molar-refractivity contribution in [1.29, 1.82) is 0 Å². The number of hydrogen-bond donors (Lipinski definition) is 1. The molecular weight excluding hydrogens is 509 g/mol. The summed E-state index contributed by atoms with van der Waals surface area (Å²) in [4.78, 5) is 36.6. The molecule has 3 heterocycles. The molecule has 11 nitrogen and oxygen atoms in total. The SMILES string of the molecule is CC(C)C(=O)O[C@H]1C[C@H](n2cnc3c(N)nc(F)nc32)O[C@]1(C)COC(=O)OCCC12CC3CC(CC1C3)C2. The van der Waals surface area contributed by atoms with Crippen molar-refractivity contribution in [2.75, 3.05) is 18.9 Å². The molecule has 5 aliphatic rings. The number of imidazole rings is 1.